The van der Waals surface area contributed by atoms with Gasteiger partial charge in [0, 0.05) is 23.0 Å². The van der Waals surface area contributed by atoms with Crippen molar-refractivity contribution >= 4 is 39.1 Å². The topological polar surface area (TPSA) is 72.2 Å². The van der Waals surface area contributed by atoms with Crippen LogP contribution in [0.2, 0.25) is 5.02 Å². The van der Waals surface area contributed by atoms with E-state index in [0.717, 1.165) is 11.8 Å². The molecule has 0 aliphatic carbocycles. The number of hydrogen-bond donors (Lipinski definition) is 1. The highest BCUT2D eigenvalue weighted by Gasteiger charge is 2.20. The molecule has 0 aromatic heterocycles. The Labute approximate surface area is 124 Å². The Bertz CT molecular complexity index is 482. The second-order valence-corrected chi connectivity index (χ2v) is 5.44. The molecule has 0 saturated carbocycles. The summed E-state index contributed by atoms with van der Waals surface area (Å²) in [6.45, 7) is 2.47. The lowest BCUT2D eigenvalue weighted by Gasteiger charge is -2.11. The standard InChI is InChI=1S/C12H14BrClN2O3/c1-8(4-5-13)7-15-12(17)10-3-2-9(14)6-11(10)16(18)19/h2-3,6,8H,4-5,7H2,1H3,(H,15,17). The summed E-state index contributed by atoms with van der Waals surface area (Å²) in [5, 5.41) is 14.7. The molecule has 1 aromatic rings. The second kappa shape index (κ2) is 7.45. The zero-order valence-electron chi connectivity index (χ0n) is 10.4. The summed E-state index contributed by atoms with van der Waals surface area (Å²) in [7, 11) is 0. The van der Waals surface area contributed by atoms with Crippen LogP contribution in [0, 0.1) is 16.0 Å². The van der Waals surface area contributed by atoms with Gasteiger partial charge in [-0.15, -0.1) is 0 Å². The molecule has 19 heavy (non-hydrogen) atoms. The predicted molar refractivity (Wildman–Crippen MR) is 78.0 cm³/mol. The molecule has 5 nitrogen and oxygen atoms in total. The monoisotopic (exact) mass is 348 g/mol. The van der Waals surface area contributed by atoms with E-state index in [9.17, 15) is 14.9 Å². The maximum atomic E-state index is 11.9. The molecule has 1 N–H and O–H groups in total. The molecule has 104 valence electrons. The molecule has 1 rings (SSSR count). The number of hydrogen-bond acceptors (Lipinski definition) is 3. The summed E-state index contributed by atoms with van der Waals surface area (Å²) in [5.74, 6) is -0.153. The number of nitrogens with one attached hydrogen (secondary N) is 1. The second-order valence-electron chi connectivity index (χ2n) is 4.21. The van der Waals surface area contributed by atoms with Gasteiger partial charge in [0.25, 0.3) is 11.6 Å². The van der Waals surface area contributed by atoms with Gasteiger partial charge in [0.15, 0.2) is 0 Å². The number of nitrogens with zero attached hydrogens (tertiary/aromatic N) is 1. The number of alkyl halides is 1. The number of carbonyl (C=O) groups excluding carboxylic acids is 1. The van der Waals surface area contributed by atoms with Crippen LogP contribution in [0.5, 0.6) is 0 Å². The molecule has 0 bridgehead atoms. The van der Waals surface area contributed by atoms with Gasteiger partial charge in [0.1, 0.15) is 5.56 Å². The summed E-state index contributed by atoms with van der Waals surface area (Å²) in [6, 6.07) is 4.01. The molecule has 0 aliphatic rings. The van der Waals surface area contributed by atoms with E-state index >= 15 is 0 Å². The number of halogens is 2. The molecule has 1 amide bonds. The van der Waals surface area contributed by atoms with E-state index in [-0.39, 0.29) is 16.3 Å². The first-order valence-electron chi connectivity index (χ1n) is 5.73. The number of nitro benzene ring substituents is 1. The molecule has 1 aromatic carbocycles. The number of nitro groups is 1. The van der Waals surface area contributed by atoms with Gasteiger partial charge >= 0.3 is 0 Å². The van der Waals surface area contributed by atoms with Crippen LogP contribution < -0.4 is 5.32 Å². The SMILES string of the molecule is CC(CCBr)CNC(=O)c1ccc(Cl)cc1[N+](=O)[O-]. The smallest absolute Gasteiger partial charge is 0.283 e. The summed E-state index contributed by atoms with van der Waals surface area (Å²) < 4.78 is 0. The van der Waals surface area contributed by atoms with Gasteiger partial charge in [-0.05, 0) is 24.5 Å². The average Bonchev–Trinajstić information content (AvgIpc) is 2.36. The van der Waals surface area contributed by atoms with E-state index in [1.807, 2.05) is 6.92 Å². The summed E-state index contributed by atoms with van der Waals surface area (Å²) in [4.78, 5) is 22.2. The number of benzene rings is 1. The Morgan fingerprint density at radius 3 is 2.84 bits per heavy atom. The van der Waals surface area contributed by atoms with Gasteiger partial charge in [0.05, 0.1) is 4.92 Å². The van der Waals surface area contributed by atoms with Crippen LogP contribution in [0.4, 0.5) is 5.69 Å². The fourth-order valence-corrected chi connectivity index (χ4v) is 2.45. The van der Waals surface area contributed by atoms with E-state index in [2.05, 4.69) is 21.2 Å². The maximum Gasteiger partial charge on any atom is 0.283 e. The molecule has 0 fully saturated rings. The molecule has 0 spiro atoms. The van der Waals surface area contributed by atoms with Gasteiger partial charge in [-0.3, -0.25) is 14.9 Å². The highest BCUT2D eigenvalue weighted by Crippen LogP contribution is 2.23. The molecular formula is C12H14BrClN2O3. The Morgan fingerprint density at radius 1 is 1.58 bits per heavy atom. The molecule has 0 heterocycles. The van der Waals surface area contributed by atoms with Gasteiger partial charge in [0.2, 0.25) is 0 Å². The first-order valence-corrected chi connectivity index (χ1v) is 7.23. The summed E-state index contributed by atoms with van der Waals surface area (Å²) in [5.41, 5.74) is -0.251. The Kier molecular flexibility index (Phi) is 6.24. The third kappa shape index (κ3) is 4.80. The van der Waals surface area contributed by atoms with Crippen LogP contribution in [0.1, 0.15) is 23.7 Å². The minimum atomic E-state index is -0.608. The Balaban J connectivity index is 2.79. The molecule has 0 saturated heterocycles. The van der Waals surface area contributed by atoms with E-state index in [4.69, 9.17) is 11.6 Å². The molecule has 1 atom stereocenters. The average molecular weight is 350 g/mol. The summed E-state index contributed by atoms with van der Waals surface area (Å²) >= 11 is 9.02. The molecule has 7 heteroatoms. The number of rotatable bonds is 6. The van der Waals surface area contributed by atoms with Gasteiger partial charge in [-0.25, -0.2) is 0 Å². The van der Waals surface area contributed by atoms with E-state index in [1.165, 1.54) is 18.2 Å². The van der Waals surface area contributed by atoms with E-state index in [1.54, 1.807) is 0 Å². The fourth-order valence-electron chi connectivity index (χ4n) is 1.50. The van der Waals surface area contributed by atoms with Crippen LogP contribution >= 0.6 is 27.5 Å². The van der Waals surface area contributed by atoms with Gasteiger partial charge in [-0.1, -0.05) is 34.5 Å². The third-order valence-electron chi connectivity index (χ3n) is 2.61. The summed E-state index contributed by atoms with van der Waals surface area (Å²) in [6.07, 6.45) is 0.920. The van der Waals surface area contributed by atoms with Crippen molar-refractivity contribution in [2.75, 3.05) is 11.9 Å². The first kappa shape index (κ1) is 15.9. The van der Waals surface area contributed by atoms with Crippen molar-refractivity contribution in [2.45, 2.75) is 13.3 Å². The van der Waals surface area contributed by atoms with Crippen molar-refractivity contribution in [3.63, 3.8) is 0 Å². The minimum Gasteiger partial charge on any atom is -0.352 e. The lowest BCUT2D eigenvalue weighted by atomic mass is 10.1. The first-order chi connectivity index (χ1) is 8.95. The quantitative estimate of drug-likeness (QED) is 0.486. The normalized spacial score (nSPS) is 11.9. The van der Waals surface area contributed by atoms with Crippen molar-refractivity contribution < 1.29 is 9.72 Å². The largest absolute Gasteiger partial charge is 0.352 e. The maximum absolute atomic E-state index is 11.9. The predicted octanol–water partition coefficient (Wildman–Crippen LogP) is 3.40. The van der Waals surface area contributed by atoms with Gasteiger partial charge < -0.3 is 5.32 Å². The van der Waals surface area contributed by atoms with Crippen LogP contribution in [0.25, 0.3) is 0 Å². The number of carbonyl (C=O) groups is 1. The minimum absolute atomic E-state index is 0.0282. The lowest BCUT2D eigenvalue weighted by Crippen LogP contribution is -2.29. The van der Waals surface area contributed by atoms with Crippen LogP contribution in [0.3, 0.4) is 0 Å². The number of amides is 1. The molecule has 0 aliphatic heterocycles. The highest BCUT2D eigenvalue weighted by atomic mass is 79.9. The lowest BCUT2D eigenvalue weighted by molar-refractivity contribution is -0.385. The molecular weight excluding hydrogens is 336 g/mol. The molecule has 0 radical (unpaired) electrons. The van der Waals surface area contributed by atoms with Crippen LogP contribution in [0.15, 0.2) is 18.2 Å². The van der Waals surface area contributed by atoms with Crippen molar-refractivity contribution in [1.82, 2.24) is 5.32 Å². The van der Waals surface area contributed by atoms with Crippen LogP contribution in [-0.4, -0.2) is 22.7 Å². The Morgan fingerprint density at radius 2 is 2.26 bits per heavy atom. The van der Waals surface area contributed by atoms with Crippen molar-refractivity contribution in [1.29, 1.82) is 0 Å². The van der Waals surface area contributed by atoms with Crippen molar-refractivity contribution in [3.8, 4) is 0 Å². The Hall–Kier alpha value is -1.14. The van der Waals surface area contributed by atoms with Crippen molar-refractivity contribution in [2.24, 2.45) is 5.92 Å². The third-order valence-corrected chi connectivity index (χ3v) is 3.31. The zero-order chi connectivity index (χ0) is 14.4. The van der Waals surface area contributed by atoms with E-state index < -0.39 is 10.8 Å². The fraction of sp³-hybridized carbons (Fsp3) is 0.417. The zero-order valence-corrected chi connectivity index (χ0v) is 12.7. The van der Waals surface area contributed by atoms with Crippen molar-refractivity contribution in [3.05, 3.63) is 38.9 Å². The van der Waals surface area contributed by atoms with Crippen LogP contribution in [-0.2, 0) is 0 Å². The van der Waals surface area contributed by atoms with Gasteiger partial charge in [-0.2, -0.15) is 0 Å². The highest BCUT2D eigenvalue weighted by molar-refractivity contribution is 9.09. The molecule has 1 unspecified atom stereocenters. The van der Waals surface area contributed by atoms with E-state index in [0.29, 0.717) is 12.5 Å².